The predicted octanol–water partition coefficient (Wildman–Crippen LogP) is 1.81. The fourth-order valence-electron chi connectivity index (χ4n) is 2.83. The van der Waals surface area contributed by atoms with Gasteiger partial charge >= 0.3 is 0 Å². The highest BCUT2D eigenvalue weighted by molar-refractivity contribution is 5.78. The van der Waals surface area contributed by atoms with Gasteiger partial charge in [-0.2, -0.15) is 0 Å². The van der Waals surface area contributed by atoms with E-state index in [9.17, 15) is 0 Å². The molecule has 18 heavy (non-hydrogen) atoms. The van der Waals surface area contributed by atoms with Crippen LogP contribution in [0.4, 0.5) is 0 Å². The van der Waals surface area contributed by atoms with E-state index in [1.54, 1.807) is 0 Å². The van der Waals surface area contributed by atoms with Crippen LogP contribution in [-0.2, 0) is 4.74 Å². The molecule has 0 spiro atoms. The second-order valence-corrected chi connectivity index (χ2v) is 5.33. The topological polar surface area (TPSA) is 59.6 Å². The largest absolute Gasteiger partial charge is 0.374 e. The van der Waals surface area contributed by atoms with Crippen molar-refractivity contribution in [3.8, 4) is 0 Å². The SMILES string of the molecule is C=C[C@@H]1OCC[C@H]1CN=C(N)NC1CCCCC1. The maximum Gasteiger partial charge on any atom is 0.188 e. The smallest absolute Gasteiger partial charge is 0.188 e. The van der Waals surface area contributed by atoms with Crippen LogP contribution < -0.4 is 11.1 Å². The summed E-state index contributed by atoms with van der Waals surface area (Å²) in [6.45, 7) is 5.34. The number of guanidine groups is 1. The molecule has 3 N–H and O–H groups in total. The Balaban J connectivity index is 1.75. The van der Waals surface area contributed by atoms with E-state index in [2.05, 4.69) is 16.9 Å². The summed E-state index contributed by atoms with van der Waals surface area (Å²) in [5, 5.41) is 3.34. The Kier molecular flexibility index (Phi) is 5.05. The molecule has 4 heteroatoms. The van der Waals surface area contributed by atoms with Crippen molar-refractivity contribution in [2.45, 2.75) is 50.7 Å². The Morgan fingerprint density at radius 3 is 2.83 bits per heavy atom. The molecule has 1 heterocycles. The van der Waals surface area contributed by atoms with Gasteiger partial charge in [-0.25, -0.2) is 0 Å². The van der Waals surface area contributed by atoms with Gasteiger partial charge in [0.25, 0.3) is 0 Å². The lowest BCUT2D eigenvalue weighted by molar-refractivity contribution is 0.129. The van der Waals surface area contributed by atoms with Gasteiger partial charge in [-0.15, -0.1) is 6.58 Å². The molecule has 4 nitrogen and oxygen atoms in total. The molecule has 102 valence electrons. The minimum absolute atomic E-state index is 0.149. The van der Waals surface area contributed by atoms with Gasteiger partial charge in [0, 0.05) is 25.1 Å². The molecule has 1 aliphatic carbocycles. The van der Waals surface area contributed by atoms with Crippen molar-refractivity contribution in [2.24, 2.45) is 16.6 Å². The quantitative estimate of drug-likeness (QED) is 0.455. The van der Waals surface area contributed by atoms with Crippen LogP contribution >= 0.6 is 0 Å². The van der Waals surface area contributed by atoms with Gasteiger partial charge < -0.3 is 15.8 Å². The van der Waals surface area contributed by atoms with Crippen LogP contribution in [0.3, 0.4) is 0 Å². The molecule has 0 amide bonds. The van der Waals surface area contributed by atoms with Crippen molar-refractivity contribution >= 4 is 5.96 Å². The van der Waals surface area contributed by atoms with Gasteiger partial charge in [-0.3, -0.25) is 4.99 Å². The summed E-state index contributed by atoms with van der Waals surface area (Å²) in [4.78, 5) is 4.45. The number of nitrogens with zero attached hydrogens (tertiary/aromatic N) is 1. The summed E-state index contributed by atoms with van der Waals surface area (Å²) >= 11 is 0. The van der Waals surface area contributed by atoms with Gasteiger partial charge in [0.15, 0.2) is 5.96 Å². The Labute approximate surface area is 110 Å². The summed E-state index contributed by atoms with van der Waals surface area (Å²) in [5.74, 6) is 1.03. The third-order valence-electron chi connectivity index (χ3n) is 3.95. The number of ether oxygens (including phenoxy) is 1. The average molecular weight is 251 g/mol. The van der Waals surface area contributed by atoms with Gasteiger partial charge in [-0.05, 0) is 19.3 Å². The average Bonchev–Trinajstić information content (AvgIpc) is 2.85. The fourth-order valence-corrected chi connectivity index (χ4v) is 2.83. The van der Waals surface area contributed by atoms with E-state index >= 15 is 0 Å². The molecular formula is C14H25N3O. The number of aliphatic imine (C=N–C) groups is 1. The zero-order chi connectivity index (χ0) is 12.8. The molecule has 0 aromatic heterocycles. The molecule has 1 saturated carbocycles. The second kappa shape index (κ2) is 6.78. The van der Waals surface area contributed by atoms with E-state index in [0.717, 1.165) is 19.6 Å². The van der Waals surface area contributed by atoms with E-state index < -0.39 is 0 Å². The fraction of sp³-hybridized carbons (Fsp3) is 0.786. The molecule has 2 rings (SSSR count). The molecule has 0 bridgehead atoms. The van der Waals surface area contributed by atoms with E-state index in [0.29, 0.717) is 17.9 Å². The molecule has 0 aromatic carbocycles. The number of hydrogen-bond acceptors (Lipinski definition) is 2. The van der Waals surface area contributed by atoms with Crippen LogP contribution in [0.1, 0.15) is 38.5 Å². The van der Waals surface area contributed by atoms with Gasteiger partial charge in [-0.1, -0.05) is 25.3 Å². The molecule has 1 saturated heterocycles. The molecule has 0 radical (unpaired) electrons. The van der Waals surface area contributed by atoms with Crippen LogP contribution in [-0.4, -0.2) is 31.3 Å². The van der Waals surface area contributed by atoms with Crippen molar-refractivity contribution in [2.75, 3.05) is 13.2 Å². The summed E-state index contributed by atoms with van der Waals surface area (Å²) in [6, 6.07) is 0.525. The third-order valence-corrected chi connectivity index (χ3v) is 3.95. The van der Waals surface area contributed by atoms with Crippen molar-refractivity contribution in [1.29, 1.82) is 0 Å². The maximum absolute atomic E-state index is 5.94. The summed E-state index contributed by atoms with van der Waals surface area (Å²) in [5.41, 5.74) is 5.94. The minimum Gasteiger partial charge on any atom is -0.374 e. The van der Waals surface area contributed by atoms with E-state index in [-0.39, 0.29) is 6.10 Å². The second-order valence-electron chi connectivity index (χ2n) is 5.33. The zero-order valence-corrected chi connectivity index (χ0v) is 11.1. The molecule has 2 fully saturated rings. The highest BCUT2D eigenvalue weighted by Crippen LogP contribution is 2.22. The first-order valence-electron chi connectivity index (χ1n) is 7.10. The lowest BCUT2D eigenvalue weighted by atomic mass is 9.96. The summed E-state index contributed by atoms with van der Waals surface area (Å²) < 4.78 is 5.55. The third kappa shape index (κ3) is 3.73. The van der Waals surface area contributed by atoms with Crippen LogP contribution in [0.5, 0.6) is 0 Å². The van der Waals surface area contributed by atoms with E-state index in [4.69, 9.17) is 10.5 Å². The molecule has 1 aliphatic heterocycles. The summed E-state index contributed by atoms with van der Waals surface area (Å²) in [6.07, 6.45) is 9.48. The molecule has 0 unspecified atom stereocenters. The Morgan fingerprint density at radius 2 is 2.11 bits per heavy atom. The lowest BCUT2D eigenvalue weighted by Gasteiger charge is -2.23. The Morgan fingerprint density at radius 1 is 1.33 bits per heavy atom. The Bertz CT molecular complexity index is 297. The molecule has 2 aliphatic rings. The standard InChI is InChI=1S/C14H25N3O/c1-2-13-11(8-9-18-13)10-16-14(15)17-12-6-4-3-5-7-12/h2,11-13H,1,3-10H2,(H3,15,16,17)/t11-,13-/m0/s1. The van der Waals surface area contributed by atoms with Crippen LogP contribution in [0, 0.1) is 5.92 Å². The van der Waals surface area contributed by atoms with Crippen LogP contribution in [0.25, 0.3) is 0 Å². The number of nitrogens with two attached hydrogens (primary N) is 1. The van der Waals surface area contributed by atoms with Crippen molar-refractivity contribution < 1.29 is 4.74 Å². The first-order valence-corrected chi connectivity index (χ1v) is 7.10. The van der Waals surface area contributed by atoms with E-state index in [1.165, 1.54) is 32.1 Å². The van der Waals surface area contributed by atoms with Crippen LogP contribution in [0.15, 0.2) is 17.6 Å². The van der Waals surface area contributed by atoms with Crippen molar-refractivity contribution in [1.82, 2.24) is 5.32 Å². The van der Waals surface area contributed by atoms with Gasteiger partial charge in [0.2, 0.25) is 0 Å². The molecular weight excluding hydrogens is 226 g/mol. The number of hydrogen-bond donors (Lipinski definition) is 2. The normalized spacial score (nSPS) is 30.3. The number of nitrogens with one attached hydrogen (secondary N) is 1. The van der Waals surface area contributed by atoms with Gasteiger partial charge in [0.05, 0.1) is 6.10 Å². The minimum atomic E-state index is 0.149. The van der Waals surface area contributed by atoms with Crippen LogP contribution in [0.2, 0.25) is 0 Å². The van der Waals surface area contributed by atoms with E-state index in [1.807, 2.05) is 6.08 Å². The first kappa shape index (κ1) is 13.4. The summed E-state index contributed by atoms with van der Waals surface area (Å²) in [7, 11) is 0. The predicted molar refractivity (Wildman–Crippen MR) is 74.5 cm³/mol. The first-order chi connectivity index (χ1) is 8.79. The monoisotopic (exact) mass is 251 g/mol. The molecule has 0 aromatic rings. The molecule has 2 atom stereocenters. The Hall–Kier alpha value is -1.03. The number of rotatable bonds is 4. The lowest BCUT2D eigenvalue weighted by Crippen LogP contribution is -2.41. The van der Waals surface area contributed by atoms with Crippen molar-refractivity contribution in [3.05, 3.63) is 12.7 Å². The zero-order valence-electron chi connectivity index (χ0n) is 11.1. The highest BCUT2D eigenvalue weighted by Gasteiger charge is 2.25. The highest BCUT2D eigenvalue weighted by atomic mass is 16.5. The van der Waals surface area contributed by atoms with Gasteiger partial charge in [0.1, 0.15) is 0 Å². The van der Waals surface area contributed by atoms with Crippen molar-refractivity contribution in [3.63, 3.8) is 0 Å². The maximum atomic E-state index is 5.94.